The molecule has 33 heavy (non-hydrogen) atoms. The smallest absolute Gasteiger partial charge is 1.00 e. The molecule has 0 saturated heterocycles. The Balaban J connectivity index is 0.000000220. The van der Waals surface area contributed by atoms with E-state index in [1.54, 1.807) is 10.8 Å². The van der Waals surface area contributed by atoms with E-state index in [9.17, 15) is 0 Å². The van der Waals surface area contributed by atoms with Gasteiger partial charge in [-0.3, -0.25) is 0 Å². The summed E-state index contributed by atoms with van der Waals surface area (Å²) in [7, 11) is -1.10. The fourth-order valence-electron chi connectivity index (χ4n) is 5.66. The van der Waals surface area contributed by atoms with Gasteiger partial charge in [0, 0.05) is 11.1 Å². The van der Waals surface area contributed by atoms with Gasteiger partial charge in [0.1, 0.15) is 11.5 Å². The van der Waals surface area contributed by atoms with Crippen LogP contribution in [0.25, 0.3) is 27.1 Å². The van der Waals surface area contributed by atoms with Crippen molar-refractivity contribution in [2.45, 2.75) is 46.3 Å². The number of benzene rings is 2. The molecule has 169 valence electrons. The molecule has 0 amide bonds. The molecule has 1 unspecified atom stereocenters. The second-order valence-corrected chi connectivity index (χ2v) is 14.1. The molecular formula is C28H29Cl2OSiZr. The van der Waals surface area contributed by atoms with E-state index < -0.39 is 8.07 Å². The maximum Gasteiger partial charge on any atom is 3.00 e. The van der Waals surface area contributed by atoms with Gasteiger partial charge >= 0.3 is 26.2 Å². The summed E-state index contributed by atoms with van der Waals surface area (Å²) in [5, 5.41) is 4.36. The number of allylic oxidation sites excluding steroid dienone is 1. The zero-order valence-corrected chi connectivity index (χ0v) is 25.0. The van der Waals surface area contributed by atoms with E-state index in [-0.39, 0.29) is 51.0 Å². The molecule has 0 spiro atoms. The summed E-state index contributed by atoms with van der Waals surface area (Å²) in [6.45, 7) is 13.5. The third kappa shape index (κ3) is 4.55. The predicted octanol–water partition coefficient (Wildman–Crippen LogP) is 2.11. The minimum absolute atomic E-state index is 0. The summed E-state index contributed by atoms with van der Waals surface area (Å²) in [5.74, 6) is 2.35. The molecule has 0 fully saturated rings. The Morgan fingerprint density at radius 2 is 1.52 bits per heavy atom. The average molecular weight is 572 g/mol. The van der Waals surface area contributed by atoms with Crippen molar-refractivity contribution in [3.8, 4) is 11.1 Å². The molecule has 7 rings (SSSR count). The number of halogens is 2. The first kappa shape index (κ1) is 28.0. The van der Waals surface area contributed by atoms with Crippen molar-refractivity contribution < 1.29 is 55.4 Å². The Hall–Kier alpha value is -1.25. The van der Waals surface area contributed by atoms with Crippen molar-refractivity contribution in [2.75, 3.05) is 0 Å². The molecule has 4 aromatic rings. The summed E-state index contributed by atoms with van der Waals surface area (Å²) < 4.78 is 5.78. The van der Waals surface area contributed by atoms with Crippen LogP contribution in [0.3, 0.4) is 0 Å². The molecule has 1 aromatic heterocycles. The first-order valence-electron chi connectivity index (χ1n) is 10.8. The number of furan rings is 1. The molecule has 1 radical (unpaired) electrons. The summed E-state index contributed by atoms with van der Waals surface area (Å²) >= 11 is 0. The summed E-state index contributed by atoms with van der Waals surface area (Å²) in [6.07, 6.45) is 0. The van der Waals surface area contributed by atoms with Gasteiger partial charge in [-0.25, -0.2) is 0 Å². The Bertz CT molecular complexity index is 1310. The van der Waals surface area contributed by atoms with Crippen molar-refractivity contribution in [2.24, 2.45) is 0 Å². The fraction of sp³-hybridized carbons (Fsp3) is 0.250. The largest absolute Gasteiger partial charge is 3.00 e. The van der Waals surface area contributed by atoms with Gasteiger partial charge in [0.2, 0.25) is 0 Å². The van der Waals surface area contributed by atoms with Gasteiger partial charge in [-0.05, 0) is 37.6 Å². The quantitative estimate of drug-likeness (QED) is 0.252. The maximum absolute atomic E-state index is 5.78. The van der Waals surface area contributed by atoms with Gasteiger partial charge in [-0.1, -0.05) is 67.0 Å². The van der Waals surface area contributed by atoms with Gasteiger partial charge in [-0.15, -0.1) is 34.5 Å². The molecule has 3 heterocycles. The van der Waals surface area contributed by atoms with Gasteiger partial charge in [0.25, 0.3) is 0 Å². The Labute approximate surface area is 230 Å². The van der Waals surface area contributed by atoms with Crippen LogP contribution in [0.4, 0.5) is 0 Å². The topological polar surface area (TPSA) is 13.1 Å². The van der Waals surface area contributed by atoms with Crippen LogP contribution in [0.5, 0.6) is 0 Å². The van der Waals surface area contributed by atoms with Gasteiger partial charge in [-0.2, -0.15) is 6.07 Å². The standard InChI is InChI=1S/C17H15.C11H14OSi.2ClH.Zr/c1-12-6-8-14(9-7-12)16-5-3-4-15-10-13(2)11-17(15)16;1-6-5-8-9(12-6)11-7(2)10(8)13(11,3)4;;;/h3-11H,1-2H3;5,11H,1-4H3;2*1H;/q-1;;;;+3/p-2. The number of aryl methyl sites for hydroxylation is 3. The van der Waals surface area contributed by atoms with E-state index in [0.717, 1.165) is 5.76 Å². The average Bonchev–Trinajstić information content (AvgIpc) is 3.36. The molecule has 3 aliphatic rings. The second-order valence-electron chi connectivity index (χ2n) is 9.55. The predicted molar refractivity (Wildman–Crippen MR) is 131 cm³/mol. The van der Waals surface area contributed by atoms with Crippen LogP contribution in [-0.2, 0) is 26.2 Å². The second kappa shape index (κ2) is 10.2. The SMILES string of the molecule is CC1=C2c3cc(C)oc3C1[Si]2(C)C.Cc1ccc(-c2cccc3[cH-]c(C)cc23)cc1.[Cl-].[Cl-].[Zr+3]. The number of rotatable bonds is 1. The van der Waals surface area contributed by atoms with Crippen LogP contribution in [0, 0.1) is 20.8 Å². The van der Waals surface area contributed by atoms with E-state index in [2.05, 4.69) is 94.5 Å². The van der Waals surface area contributed by atoms with E-state index in [4.69, 9.17) is 4.42 Å². The molecule has 2 bridgehead atoms. The van der Waals surface area contributed by atoms with Crippen molar-refractivity contribution in [3.05, 3.63) is 94.4 Å². The maximum atomic E-state index is 5.78. The van der Waals surface area contributed by atoms with Crippen molar-refractivity contribution in [3.63, 3.8) is 0 Å². The third-order valence-corrected chi connectivity index (χ3v) is 11.0. The minimum atomic E-state index is -1.10. The molecule has 1 atom stereocenters. The molecular weight excluding hydrogens is 543 g/mol. The van der Waals surface area contributed by atoms with E-state index in [1.165, 1.54) is 44.3 Å². The van der Waals surface area contributed by atoms with Gasteiger partial charge in [0.05, 0.1) is 8.07 Å². The van der Waals surface area contributed by atoms with Crippen LogP contribution in [0.2, 0.25) is 13.1 Å². The van der Waals surface area contributed by atoms with Crippen LogP contribution in [0.15, 0.2) is 70.7 Å². The fourth-order valence-corrected chi connectivity index (χ4v) is 9.86. The van der Waals surface area contributed by atoms with Crippen LogP contribution in [0.1, 0.15) is 40.7 Å². The van der Waals surface area contributed by atoms with Gasteiger partial charge < -0.3 is 29.2 Å². The van der Waals surface area contributed by atoms with Crippen LogP contribution in [-0.4, -0.2) is 8.07 Å². The zero-order valence-electron chi connectivity index (χ0n) is 20.0. The minimum Gasteiger partial charge on any atom is -1.00 e. The van der Waals surface area contributed by atoms with Crippen LogP contribution >= 0.6 is 0 Å². The number of fused-ring (bicyclic) bond motifs is 1. The Kier molecular flexibility index (Phi) is 8.62. The molecule has 1 aliphatic carbocycles. The number of hydrogen-bond donors (Lipinski definition) is 0. The first-order chi connectivity index (χ1) is 14.3. The molecule has 2 aliphatic heterocycles. The molecule has 0 saturated carbocycles. The first-order valence-corrected chi connectivity index (χ1v) is 13.9. The third-order valence-electron chi connectivity index (χ3n) is 6.87. The van der Waals surface area contributed by atoms with Crippen molar-refractivity contribution >= 4 is 24.0 Å². The van der Waals surface area contributed by atoms with Crippen LogP contribution < -0.4 is 24.8 Å². The summed E-state index contributed by atoms with van der Waals surface area (Å²) in [4.78, 5) is 0. The number of hydrogen-bond acceptors (Lipinski definition) is 1. The van der Waals surface area contributed by atoms with Gasteiger partial charge in [0.15, 0.2) is 0 Å². The van der Waals surface area contributed by atoms with E-state index in [1.807, 2.05) is 6.92 Å². The van der Waals surface area contributed by atoms with Crippen molar-refractivity contribution in [1.82, 2.24) is 0 Å². The Morgan fingerprint density at radius 1 is 0.848 bits per heavy atom. The Morgan fingerprint density at radius 3 is 2.12 bits per heavy atom. The van der Waals surface area contributed by atoms with Crippen molar-refractivity contribution in [1.29, 1.82) is 0 Å². The van der Waals surface area contributed by atoms with E-state index in [0.29, 0.717) is 5.54 Å². The summed E-state index contributed by atoms with van der Waals surface area (Å²) in [5.41, 5.74) is 9.00. The summed E-state index contributed by atoms with van der Waals surface area (Å²) in [6, 6.07) is 22.0. The molecule has 5 heteroatoms. The van der Waals surface area contributed by atoms with E-state index >= 15 is 0 Å². The normalized spacial score (nSPS) is 16.5. The molecule has 1 nitrogen and oxygen atoms in total. The molecule has 3 aromatic carbocycles. The zero-order chi connectivity index (χ0) is 21.2. The molecule has 0 N–H and O–H groups in total. The monoisotopic (exact) mass is 569 g/mol.